The van der Waals surface area contributed by atoms with Crippen LogP contribution in [-0.4, -0.2) is 18.6 Å². The number of quaternary nitrogens is 2. The van der Waals surface area contributed by atoms with Gasteiger partial charge in [0.1, 0.15) is 23.0 Å². The molecule has 4 aromatic carbocycles. The van der Waals surface area contributed by atoms with Gasteiger partial charge in [-0.15, -0.1) is 0 Å². The van der Waals surface area contributed by atoms with Crippen molar-refractivity contribution in [2.75, 3.05) is 18.5 Å². The first-order valence-corrected chi connectivity index (χ1v) is 16.4. The Morgan fingerprint density at radius 2 is 1.40 bits per heavy atom. The number of para-hydroxylation sites is 1. The minimum Gasteiger partial charge on any atom is -0.457 e. The lowest BCUT2D eigenvalue weighted by Crippen LogP contribution is -2.68. The summed E-state index contributed by atoms with van der Waals surface area (Å²) >= 11 is 0. The molecule has 0 aliphatic carbocycles. The maximum atomic E-state index is 8.55. The molecule has 0 amide bonds. The monoisotopic (exact) mass is 626 g/mol. The number of aryl methyl sites for hydroxylation is 2. The van der Waals surface area contributed by atoms with Crippen LogP contribution in [0.2, 0.25) is 0 Å². The first-order chi connectivity index (χ1) is 23.4. The summed E-state index contributed by atoms with van der Waals surface area (Å²) in [6.07, 6.45) is 1.88. The molecule has 5 aromatic rings. The highest BCUT2D eigenvalue weighted by molar-refractivity contribution is 5.85. The fraction of sp³-hybridized carbons (Fsp3) is 0.286. The van der Waals surface area contributed by atoms with Crippen LogP contribution in [0.25, 0.3) is 0 Å². The van der Waals surface area contributed by atoms with Gasteiger partial charge >= 0.3 is 0 Å². The molecule has 1 saturated heterocycles. The number of ether oxygens (including phenoxy) is 1. The van der Waals surface area contributed by atoms with Gasteiger partial charge in [-0.05, 0) is 89.4 Å². The number of aromatic nitrogens is 1. The van der Waals surface area contributed by atoms with Gasteiger partial charge in [-0.1, -0.05) is 65.8 Å². The van der Waals surface area contributed by atoms with Gasteiger partial charge < -0.3 is 9.22 Å². The summed E-state index contributed by atoms with van der Waals surface area (Å²) in [5.41, 5.74) is 9.17. The van der Waals surface area contributed by atoms with Crippen LogP contribution in [0.5, 0.6) is 11.5 Å². The van der Waals surface area contributed by atoms with E-state index in [2.05, 4.69) is 127 Å². The topological polar surface area (TPSA) is 25.4 Å². The van der Waals surface area contributed by atoms with E-state index in [9.17, 15) is 0 Å². The van der Waals surface area contributed by atoms with Gasteiger partial charge in [0.2, 0.25) is 0 Å². The van der Waals surface area contributed by atoms with Gasteiger partial charge in [-0.3, -0.25) is 9.38 Å². The molecular weight excluding hydrogens is 576 g/mol. The molecule has 0 spiro atoms. The average Bonchev–Trinajstić information content (AvgIpc) is 3.47. The summed E-state index contributed by atoms with van der Waals surface area (Å²) in [5.74, 6) is 2.23. The van der Waals surface area contributed by atoms with E-state index >= 15 is 0 Å². The minimum atomic E-state index is -2.21. The third kappa shape index (κ3) is 5.42. The lowest BCUT2D eigenvalue weighted by atomic mass is 9.86. The molecule has 0 saturated carbocycles. The predicted octanol–water partition coefficient (Wildman–Crippen LogP) is 11.2. The van der Waals surface area contributed by atoms with E-state index in [4.69, 9.17) is 13.8 Å². The van der Waals surface area contributed by atoms with Gasteiger partial charge in [0, 0.05) is 42.2 Å². The molecule has 47 heavy (non-hydrogen) atoms. The highest BCUT2D eigenvalue weighted by atomic mass is 16.5. The Bertz CT molecular complexity index is 2090. The summed E-state index contributed by atoms with van der Waals surface area (Å²) in [6.45, 7) is 17.6. The fourth-order valence-corrected chi connectivity index (χ4v) is 6.78. The largest absolute Gasteiger partial charge is 0.457 e. The number of anilines is 3. The third-order valence-electron chi connectivity index (χ3n) is 9.68. The Hall–Kier alpha value is -4.45. The van der Waals surface area contributed by atoms with E-state index in [0.29, 0.717) is 22.7 Å². The summed E-state index contributed by atoms with van der Waals surface area (Å²) in [6, 6.07) is 33.3. The lowest BCUT2D eigenvalue weighted by molar-refractivity contribution is 0.157. The van der Waals surface area contributed by atoms with Crippen molar-refractivity contribution in [2.45, 2.75) is 66.2 Å². The second-order valence-electron chi connectivity index (χ2n) is 15.3. The summed E-state index contributed by atoms with van der Waals surface area (Å²) in [4.78, 5) is 6.97. The molecule has 3 aliphatic heterocycles. The maximum absolute atomic E-state index is 8.55. The molecule has 5 nitrogen and oxygen atoms in total. The molecular formula is C42H47N4O+. The van der Waals surface area contributed by atoms with Crippen molar-refractivity contribution >= 4 is 34.3 Å². The number of hydrogen-bond acceptors (Lipinski definition) is 3. The SMILES string of the molecule is [2H]C([2H])([2H])[N@+]12[CH-][N@+](c3cc(Oc4cccc(N(c5ccccc5)c5cc(C(C)(C)C)ccn5)c4)cc(C(C)(C)C)c3)(C1)c1cc(C)c(C)cc12. The van der Waals surface area contributed by atoms with E-state index in [1.165, 1.54) is 5.56 Å². The second kappa shape index (κ2) is 10.8. The first-order valence-electron chi connectivity index (χ1n) is 17.9. The van der Waals surface area contributed by atoms with Crippen molar-refractivity contribution in [3.63, 3.8) is 0 Å². The number of hydrogen-bond donors (Lipinski definition) is 0. The molecule has 0 radical (unpaired) electrons. The number of benzene rings is 4. The first kappa shape index (κ1) is 27.6. The van der Waals surface area contributed by atoms with Gasteiger partial charge in [0.15, 0.2) is 18.0 Å². The van der Waals surface area contributed by atoms with Gasteiger partial charge in [-0.2, -0.15) is 0 Å². The molecule has 3 aliphatic rings. The van der Waals surface area contributed by atoms with Crippen molar-refractivity contribution in [3.8, 4) is 11.5 Å². The van der Waals surface area contributed by atoms with Crippen LogP contribution in [0.1, 0.15) is 67.9 Å². The van der Waals surface area contributed by atoms with E-state index in [1.807, 2.05) is 43.2 Å². The van der Waals surface area contributed by atoms with Gasteiger partial charge in [0.05, 0.1) is 23.4 Å². The minimum absolute atomic E-state index is 0.0317. The van der Waals surface area contributed by atoms with E-state index in [-0.39, 0.29) is 15.3 Å². The van der Waals surface area contributed by atoms with Gasteiger partial charge in [0.25, 0.3) is 0 Å². The summed E-state index contributed by atoms with van der Waals surface area (Å²) in [5, 5.41) is 0. The van der Waals surface area contributed by atoms with Crippen molar-refractivity contribution < 1.29 is 8.85 Å². The predicted molar refractivity (Wildman–Crippen MR) is 197 cm³/mol. The Balaban J connectivity index is 1.31. The summed E-state index contributed by atoms with van der Waals surface area (Å²) in [7, 11) is 0. The second-order valence-corrected chi connectivity index (χ2v) is 15.3. The highest BCUT2D eigenvalue weighted by Crippen LogP contribution is 2.61. The zero-order valence-electron chi connectivity index (χ0n) is 31.8. The molecule has 0 N–H and O–H groups in total. The van der Waals surface area contributed by atoms with Crippen LogP contribution in [-0.2, 0) is 10.8 Å². The Morgan fingerprint density at radius 3 is 2.09 bits per heavy atom. The van der Waals surface area contributed by atoms with E-state index in [1.54, 1.807) is 0 Å². The zero-order valence-corrected chi connectivity index (χ0v) is 28.8. The van der Waals surface area contributed by atoms with Crippen LogP contribution in [0, 0.1) is 20.5 Å². The van der Waals surface area contributed by atoms with E-state index in [0.717, 1.165) is 50.9 Å². The quantitative estimate of drug-likeness (QED) is 0.138. The average molecular weight is 627 g/mol. The van der Waals surface area contributed by atoms with Crippen molar-refractivity contribution in [2.24, 2.45) is 0 Å². The molecule has 2 bridgehead atoms. The van der Waals surface area contributed by atoms with Crippen LogP contribution < -0.4 is 18.6 Å². The Kier molecular flexibility index (Phi) is 6.35. The number of rotatable bonds is 6. The normalized spacial score (nSPS) is 21.2. The standard InChI is InChI=1S/C42H47N4O/c1-29-20-38-39(21-30(29)2)46(27-45(38,9)28-46)35-22-32(42(6,7)8)23-37(26-35)47-36-17-13-16-34(25-36)44(33-14-11-10-12-15-33)40-24-31(18-19-43-40)41(3,4)5/h10-27H,28H2,1-9H3/q+1/t45-,46+/m0/s1/i9D3. The lowest BCUT2D eigenvalue weighted by Gasteiger charge is -2.55. The maximum Gasteiger partial charge on any atom is 0.181 e. The number of pyridine rings is 1. The van der Waals surface area contributed by atoms with Crippen molar-refractivity contribution in [1.29, 1.82) is 0 Å². The Labute approximate surface area is 285 Å². The van der Waals surface area contributed by atoms with Crippen LogP contribution in [0.3, 0.4) is 0 Å². The molecule has 0 unspecified atom stereocenters. The molecule has 2 atom stereocenters. The molecule has 5 heteroatoms. The highest BCUT2D eigenvalue weighted by Gasteiger charge is 2.59. The molecule has 240 valence electrons. The van der Waals surface area contributed by atoms with E-state index < -0.39 is 6.98 Å². The molecule has 1 fully saturated rings. The van der Waals surface area contributed by atoms with Crippen molar-refractivity contribution in [1.82, 2.24) is 14.0 Å². The Morgan fingerprint density at radius 1 is 0.723 bits per heavy atom. The van der Waals surface area contributed by atoms with Gasteiger partial charge in [-0.25, -0.2) is 4.98 Å². The van der Waals surface area contributed by atoms with Crippen LogP contribution >= 0.6 is 0 Å². The molecule has 1 aromatic heterocycles. The van der Waals surface area contributed by atoms with Crippen LogP contribution in [0.4, 0.5) is 34.3 Å². The summed E-state index contributed by atoms with van der Waals surface area (Å²) < 4.78 is 32.7. The molecule has 8 rings (SSSR count). The molecule has 4 heterocycles. The third-order valence-corrected chi connectivity index (χ3v) is 9.68. The fourth-order valence-electron chi connectivity index (χ4n) is 6.78. The van der Waals surface area contributed by atoms with Crippen molar-refractivity contribution in [3.05, 3.63) is 132 Å². The smallest absolute Gasteiger partial charge is 0.181 e. The zero-order chi connectivity index (χ0) is 35.9. The number of nitrogens with zero attached hydrogens (tertiary/aromatic N) is 4. The van der Waals surface area contributed by atoms with Crippen LogP contribution in [0.15, 0.2) is 103 Å².